The zero-order chi connectivity index (χ0) is 20.5. The Bertz CT molecular complexity index is 489. The average Bonchev–Trinajstić information content (AvgIpc) is 2.61. The first kappa shape index (κ1) is 24.9. The van der Waals surface area contributed by atoms with E-state index in [4.69, 9.17) is 16.9 Å². The molecule has 8 nitrogen and oxygen atoms in total. The Kier molecular flexibility index (Phi) is 14.8. The SMILES string of the molecule is C#CCCC(=O)NCCOCCC(=O)NCCCCC(NC(C)C)C(N)=O. The van der Waals surface area contributed by atoms with Gasteiger partial charge < -0.3 is 26.4 Å². The summed E-state index contributed by atoms with van der Waals surface area (Å²) in [5, 5.41) is 8.63. The van der Waals surface area contributed by atoms with E-state index in [1.807, 2.05) is 13.8 Å². The van der Waals surface area contributed by atoms with Crippen molar-refractivity contribution >= 4 is 17.7 Å². The number of amides is 3. The monoisotopic (exact) mass is 382 g/mol. The molecule has 0 saturated carbocycles. The highest BCUT2D eigenvalue weighted by atomic mass is 16.5. The van der Waals surface area contributed by atoms with Gasteiger partial charge in [-0.15, -0.1) is 12.3 Å². The normalized spacial score (nSPS) is 11.6. The number of ether oxygens (including phenoxy) is 1. The van der Waals surface area contributed by atoms with Crippen molar-refractivity contribution in [2.45, 2.75) is 64.5 Å². The van der Waals surface area contributed by atoms with Crippen molar-refractivity contribution in [2.24, 2.45) is 5.73 Å². The minimum atomic E-state index is -0.350. The molecule has 0 aromatic rings. The first-order valence-corrected chi connectivity index (χ1v) is 9.46. The standard InChI is InChI=1S/C19H34N4O4/c1-4-5-9-17(24)22-12-14-27-13-10-18(25)21-11-7-6-8-16(19(20)26)23-15(2)3/h1,15-16,23H,5-14H2,2-3H3,(H2,20,26)(H,21,25)(H,22,24). The number of carbonyl (C=O) groups excluding carboxylic acids is 3. The van der Waals surface area contributed by atoms with Crippen LogP contribution in [0.2, 0.25) is 0 Å². The fourth-order valence-electron chi connectivity index (χ4n) is 2.30. The zero-order valence-corrected chi connectivity index (χ0v) is 16.5. The summed E-state index contributed by atoms with van der Waals surface area (Å²) in [6, 6.07) is -0.139. The summed E-state index contributed by atoms with van der Waals surface area (Å²) in [6.45, 7) is 5.53. The molecule has 0 aliphatic heterocycles. The van der Waals surface area contributed by atoms with Crippen LogP contribution in [-0.4, -0.2) is 56.1 Å². The van der Waals surface area contributed by atoms with Crippen LogP contribution in [0.5, 0.6) is 0 Å². The molecule has 1 atom stereocenters. The Hall–Kier alpha value is -2.11. The van der Waals surface area contributed by atoms with E-state index >= 15 is 0 Å². The molecule has 0 rings (SSSR count). The Morgan fingerprint density at radius 1 is 1.04 bits per heavy atom. The van der Waals surface area contributed by atoms with Crippen LogP contribution >= 0.6 is 0 Å². The molecule has 0 spiro atoms. The van der Waals surface area contributed by atoms with Crippen molar-refractivity contribution in [3.8, 4) is 12.3 Å². The Balaban J connectivity index is 3.58. The molecule has 0 aliphatic carbocycles. The van der Waals surface area contributed by atoms with E-state index in [0.717, 1.165) is 12.8 Å². The van der Waals surface area contributed by atoms with Gasteiger partial charge in [0.05, 0.1) is 19.3 Å². The molecule has 0 aliphatic rings. The maximum atomic E-state index is 11.7. The Morgan fingerprint density at radius 2 is 1.70 bits per heavy atom. The van der Waals surface area contributed by atoms with Crippen LogP contribution in [0.3, 0.4) is 0 Å². The van der Waals surface area contributed by atoms with Gasteiger partial charge in [0.25, 0.3) is 0 Å². The van der Waals surface area contributed by atoms with Gasteiger partial charge in [-0.1, -0.05) is 13.8 Å². The lowest BCUT2D eigenvalue weighted by Crippen LogP contribution is -2.44. The lowest BCUT2D eigenvalue weighted by molar-refractivity contribution is -0.123. The van der Waals surface area contributed by atoms with Gasteiger partial charge in [0.1, 0.15) is 0 Å². The van der Waals surface area contributed by atoms with Crippen LogP contribution in [0, 0.1) is 12.3 Å². The maximum absolute atomic E-state index is 11.7. The van der Waals surface area contributed by atoms with Gasteiger partial charge in [-0.2, -0.15) is 0 Å². The second-order valence-electron chi connectivity index (χ2n) is 6.54. The highest BCUT2D eigenvalue weighted by Gasteiger charge is 2.15. The molecule has 0 heterocycles. The summed E-state index contributed by atoms with van der Waals surface area (Å²) < 4.78 is 5.31. The minimum Gasteiger partial charge on any atom is -0.379 e. The Labute approximate surface area is 162 Å². The van der Waals surface area contributed by atoms with E-state index in [2.05, 4.69) is 21.9 Å². The number of nitrogens with one attached hydrogen (secondary N) is 3. The zero-order valence-electron chi connectivity index (χ0n) is 16.5. The van der Waals surface area contributed by atoms with Crippen LogP contribution in [0.15, 0.2) is 0 Å². The van der Waals surface area contributed by atoms with Crippen molar-refractivity contribution in [1.82, 2.24) is 16.0 Å². The summed E-state index contributed by atoms with van der Waals surface area (Å²) in [7, 11) is 0. The second-order valence-corrected chi connectivity index (χ2v) is 6.54. The van der Waals surface area contributed by atoms with E-state index in [1.165, 1.54) is 0 Å². The third-order valence-electron chi connectivity index (χ3n) is 3.66. The Morgan fingerprint density at radius 3 is 2.33 bits per heavy atom. The molecule has 8 heteroatoms. The van der Waals surface area contributed by atoms with Gasteiger partial charge >= 0.3 is 0 Å². The van der Waals surface area contributed by atoms with Gasteiger partial charge in [0.2, 0.25) is 17.7 Å². The summed E-state index contributed by atoms with van der Waals surface area (Å²) in [4.78, 5) is 34.3. The largest absolute Gasteiger partial charge is 0.379 e. The fraction of sp³-hybridized carbons (Fsp3) is 0.737. The predicted octanol–water partition coefficient (Wildman–Crippen LogP) is 0.0611. The lowest BCUT2D eigenvalue weighted by atomic mass is 10.1. The molecule has 154 valence electrons. The number of hydrogen-bond acceptors (Lipinski definition) is 5. The number of carbonyl (C=O) groups is 3. The number of primary amides is 1. The molecule has 0 radical (unpaired) electrons. The molecule has 5 N–H and O–H groups in total. The van der Waals surface area contributed by atoms with Gasteiger partial charge in [0, 0.05) is 38.4 Å². The van der Waals surface area contributed by atoms with Crippen molar-refractivity contribution in [3.05, 3.63) is 0 Å². The summed E-state index contributed by atoms with van der Waals surface area (Å²) >= 11 is 0. The highest BCUT2D eigenvalue weighted by molar-refractivity contribution is 5.79. The van der Waals surface area contributed by atoms with Crippen LogP contribution in [-0.2, 0) is 19.1 Å². The highest BCUT2D eigenvalue weighted by Crippen LogP contribution is 2.01. The number of rotatable bonds is 16. The quantitative estimate of drug-likeness (QED) is 0.222. The second kappa shape index (κ2) is 16.1. The number of nitrogens with two attached hydrogens (primary N) is 1. The molecule has 3 amide bonds. The number of hydrogen-bond donors (Lipinski definition) is 4. The molecular weight excluding hydrogens is 348 g/mol. The van der Waals surface area contributed by atoms with Gasteiger partial charge in [-0.25, -0.2) is 0 Å². The number of terminal acetylenes is 1. The van der Waals surface area contributed by atoms with Crippen molar-refractivity contribution in [1.29, 1.82) is 0 Å². The van der Waals surface area contributed by atoms with E-state index in [0.29, 0.717) is 45.6 Å². The maximum Gasteiger partial charge on any atom is 0.234 e. The molecule has 0 bridgehead atoms. The smallest absolute Gasteiger partial charge is 0.234 e. The van der Waals surface area contributed by atoms with E-state index in [-0.39, 0.29) is 36.2 Å². The molecular formula is C19H34N4O4. The van der Waals surface area contributed by atoms with Gasteiger partial charge in [-0.05, 0) is 19.3 Å². The van der Waals surface area contributed by atoms with E-state index < -0.39 is 0 Å². The van der Waals surface area contributed by atoms with Crippen molar-refractivity contribution in [2.75, 3.05) is 26.3 Å². The number of unbranched alkanes of at least 4 members (excludes halogenated alkanes) is 1. The van der Waals surface area contributed by atoms with Crippen LogP contribution in [0.4, 0.5) is 0 Å². The van der Waals surface area contributed by atoms with Crippen LogP contribution in [0.25, 0.3) is 0 Å². The van der Waals surface area contributed by atoms with E-state index in [9.17, 15) is 14.4 Å². The summed E-state index contributed by atoms with van der Waals surface area (Å²) in [5.41, 5.74) is 5.36. The van der Waals surface area contributed by atoms with Gasteiger partial charge in [0.15, 0.2) is 0 Å². The summed E-state index contributed by atoms with van der Waals surface area (Å²) in [6.07, 6.45) is 8.31. The van der Waals surface area contributed by atoms with E-state index in [1.54, 1.807) is 0 Å². The molecule has 0 aromatic carbocycles. The summed E-state index contributed by atoms with van der Waals surface area (Å²) in [5.74, 6) is 1.87. The molecule has 1 unspecified atom stereocenters. The minimum absolute atomic E-state index is 0.0835. The molecule has 0 fully saturated rings. The first-order chi connectivity index (χ1) is 12.9. The molecule has 0 saturated heterocycles. The molecule has 0 aromatic heterocycles. The fourth-order valence-corrected chi connectivity index (χ4v) is 2.30. The van der Waals surface area contributed by atoms with Crippen LogP contribution in [0.1, 0.15) is 52.4 Å². The van der Waals surface area contributed by atoms with Crippen LogP contribution < -0.4 is 21.7 Å². The molecule has 27 heavy (non-hydrogen) atoms. The predicted molar refractivity (Wildman–Crippen MR) is 105 cm³/mol. The average molecular weight is 383 g/mol. The first-order valence-electron chi connectivity index (χ1n) is 9.46. The van der Waals surface area contributed by atoms with Crippen molar-refractivity contribution < 1.29 is 19.1 Å². The van der Waals surface area contributed by atoms with Gasteiger partial charge in [-0.3, -0.25) is 14.4 Å². The third kappa shape index (κ3) is 15.8. The third-order valence-corrected chi connectivity index (χ3v) is 3.66. The van der Waals surface area contributed by atoms with Crippen molar-refractivity contribution in [3.63, 3.8) is 0 Å². The topological polar surface area (TPSA) is 123 Å². The lowest BCUT2D eigenvalue weighted by Gasteiger charge is -2.18.